The number of halogens is 1. The summed E-state index contributed by atoms with van der Waals surface area (Å²) in [5, 5.41) is 0. The first-order valence-electron chi connectivity index (χ1n) is 5.39. The Labute approximate surface area is 89.0 Å². The molecule has 1 aliphatic rings. The second-order valence-corrected chi connectivity index (χ2v) is 3.75. The molecule has 82 valence electrons. The first-order valence-corrected chi connectivity index (χ1v) is 5.39. The lowest BCUT2D eigenvalue weighted by atomic mass is 10.1. The zero-order valence-corrected chi connectivity index (χ0v) is 8.88. The lowest BCUT2D eigenvalue weighted by Crippen LogP contribution is -1.93. The highest BCUT2D eigenvalue weighted by Gasteiger charge is 2.16. The lowest BCUT2D eigenvalue weighted by Gasteiger charge is -2.04. The van der Waals surface area contributed by atoms with Crippen molar-refractivity contribution in [1.29, 1.82) is 0 Å². The first-order chi connectivity index (χ1) is 7.31. The average molecular weight is 210 g/mol. The van der Waals surface area contributed by atoms with E-state index in [1.807, 2.05) is 0 Å². The van der Waals surface area contributed by atoms with E-state index in [4.69, 9.17) is 9.47 Å². The highest BCUT2D eigenvalue weighted by Crippen LogP contribution is 2.34. The van der Waals surface area contributed by atoms with Crippen molar-refractivity contribution in [1.82, 2.24) is 0 Å². The summed E-state index contributed by atoms with van der Waals surface area (Å²) in [4.78, 5) is 0. The molecule has 0 bridgehead atoms. The second-order valence-electron chi connectivity index (χ2n) is 3.75. The molecule has 15 heavy (non-hydrogen) atoms. The van der Waals surface area contributed by atoms with Gasteiger partial charge in [-0.05, 0) is 24.5 Å². The summed E-state index contributed by atoms with van der Waals surface area (Å²) < 4.78 is 23.8. The molecule has 3 heteroatoms. The van der Waals surface area contributed by atoms with Crippen LogP contribution in [0, 0.1) is 5.82 Å². The van der Waals surface area contributed by atoms with Gasteiger partial charge in [0.05, 0.1) is 0 Å². The topological polar surface area (TPSA) is 18.5 Å². The Morgan fingerprint density at radius 1 is 1.20 bits per heavy atom. The predicted octanol–water partition coefficient (Wildman–Crippen LogP) is 3.29. The van der Waals surface area contributed by atoms with Gasteiger partial charge in [0.15, 0.2) is 11.5 Å². The summed E-state index contributed by atoms with van der Waals surface area (Å²) in [6, 6.07) is 3.18. The summed E-state index contributed by atoms with van der Waals surface area (Å²) in [5.74, 6) is 1.00. The van der Waals surface area contributed by atoms with Crippen LogP contribution in [0.5, 0.6) is 11.5 Å². The van der Waals surface area contributed by atoms with Crippen molar-refractivity contribution in [3.63, 3.8) is 0 Å². The van der Waals surface area contributed by atoms with E-state index in [0.717, 1.165) is 31.2 Å². The Balaban J connectivity index is 2.10. The van der Waals surface area contributed by atoms with E-state index in [1.165, 1.54) is 6.07 Å². The van der Waals surface area contributed by atoms with Crippen molar-refractivity contribution in [2.24, 2.45) is 0 Å². The molecule has 0 saturated heterocycles. The zero-order chi connectivity index (χ0) is 10.7. The Morgan fingerprint density at radius 2 is 1.93 bits per heavy atom. The molecule has 0 fully saturated rings. The van der Waals surface area contributed by atoms with Crippen molar-refractivity contribution in [3.05, 3.63) is 23.5 Å². The Morgan fingerprint density at radius 3 is 2.67 bits per heavy atom. The molecule has 2 rings (SSSR count). The van der Waals surface area contributed by atoms with Crippen LogP contribution < -0.4 is 9.47 Å². The van der Waals surface area contributed by atoms with E-state index in [9.17, 15) is 4.39 Å². The number of unbranched alkanes of at least 4 members (excludes halogenated alkanes) is 2. The fourth-order valence-corrected chi connectivity index (χ4v) is 1.72. The molecule has 1 aromatic rings. The van der Waals surface area contributed by atoms with Crippen LogP contribution in [0.3, 0.4) is 0 Å². The minimum absolute atomic E-state index is 0.185. The predicted molar refractivity (Wildman–Crippen MR) is 55.8 cm³/mol. The van der Waals surface area contributed by atoms with Gasteiger partial charge in [0, 0.05) is 6.07 Å². The molecule has 1 aromatic carbocycles. The molecule has 0 atom stereocenters. The Hall–Kier alpha value is -1.25. The van der Waals surface area contributed by atoms with E-state index in [0.29, 0.717) is 11.5 Å². The highest BCUT2D eigenvalue weighted by molar-refractivity contribution is 5.45. The molecule has 1 heterocycles. The molecule has 0 aromatic heterocycles. The third-order valence-corrected chi connectivity index (χ3v) is 2.59. The van der Waals surface area contributed by atoms with Crippen molar-refractivity contribution in [2.45, 2.75) is 32.6 Å². The molecule has 0 radical (unpaired) electrons. The number of hydrogen-bond acceptors (Lipinski definition) is 2. The maximum atomic E-state index is 13.5. The molecule has 2 nitrogen and oxygen atoms in total. The normalized spacial score (nSPS) is 13.2. The van der Waals surface area contributed by atoms with Gasteiger partial charge in [-0.2, -0.15) is 0 Å². The summed E-state index contributed by atoms with van der Waals surface area (Å²) in [6.45, 7) is 2.34. The molecule has 1 aliphatic heterocycles. The Bertz CT molecular complexity index is 350. The molecule has 0 saturated carbocycles. The van der Waals surface area contributed by atoms with Crippen LogP contribution in [-0.2, 0) is 6.42 Å². The van der Waals surface area contributed by atoms with Crippen LogP contribution in [0.2, 0.25) is 0 Å². The van der Waals surface area contributed by atoms with E-state index in [-0.39, 0.29) is 12.6 Å². The zero-order valence-electron chi connectivity index (χ0n) is 8.88. The van der Waals surface area contributed by atoms with Crippen LogP contribution in [0.1, 0.15) is 31.7 Å². The van der Waals surface area contributed by atoms with Gasteiger partial charge in [-0.1, -0.05) is 19.8 Å². The molecular formula is C12H15FO2. The van der Waals surface area contributed by atoms with Gasteiger partial charge in [0.25, 0.3) is 0 Å². The highest BCUT2D eigenvalue weighted by atomic mass is 19.1. The van der Waals surface area contributed by atoms with Crippen molar-refractivity contribution < 1.29 is 13.9 Å². The summed E-state index contributed by atoms with van der Waals surface area (Å²) in [7, 11) is 0. The second kappa shape index (κ2) is 4.51. The third kappa shape index (κ3) is 2.22. The van der Waals surface area contributed by atoms with Crippen LogP contribution >= 0.6 is 0 Å². The first kappa shape index (κ1) is 10.3. The van der Waals surface area contributed by atoms with Crippen LogP contribution in [0.25, 0.3) is 0 Å². The number of hydrogen-bond donors (Lipinski definition) is 0. The molecule has 0 unspecified atom stereocenters. The van der Waals surface area contributed by atoms with E-state index >= 15 is 0 Å². The van der Waals surface area contributed by atoms with Crippen molar-refractivity contribution in [2.75, 3.05) is 6.79 Å². The number of benzene rings is 1. The van der Waals surface area contributed by atoms with Crippen molar-refractivity contribution >= 4 is 0 Å². The summed E-state index contributed by atoms with van der Waals surface area (Å²) >= 11 is 0. The summed E-state index contributed by atoms with van der Waals surface area (Å²) in [5.41, 5.74) is 0.729. The molecule has 0 aliphatic carbocycles. The average Bonchev–Trinajstić information content (AvgIpc) is 2.65. The van der Waals surface area contributed by atoms with Gasteiger partial charge in [-0.15, -0.1) is 0 Å². The minimum Gasteiger partial charge on any atom is -0.454 e. The van der Waals surface area contributed by atoms with Crippen LogP contribution in [-0.4, -0.2) is 6.79 Å². The number of ether oxygens (including phenoxy) is 2. The molecular weight excluding hydrogens is 195 g/mol. The number of fused-ring (bicyclic) bond motifs is 1. The summed E-state index contributed by atoms with van der Waals surface area (Å²) in [6.07, 6.45) is 4.07. The van der Waals surface area contributed by atoms with Crippen LogP contribution in [0.15, 0.2) is 12.1 Å². The minimum atomic E-state index is -0.185. The fraction of sp³-hybridized carbons (Fsp3) is 0.500. The Kier molecular flexibility index (Phi) is 3.09. The SMILES string of the molecule is CCCCCc1cc2c(cc1F)OCO2. The maximum Gasteiger partial charge on any atom is 0.231 e. The van der Waals surface area contributed by atoms with Gasteiger partial charge in [0.1, 0.15) is 5.82 Å². The van der Waals surface area contributed by atoms with Gasteiger partial charge < -0.3 is 9.47 Å². The third-order valence-electron chi connectivity index (χ3n) is 2.59. The van der Waals surface area contributed by atoms with Gasteiger partial charge in [0.2, 0.25) is 6.79 Å². The van der Waals surface area contributed by atoms with Gasteiger partial charge >= 0.3 is 0 Å². The van der Waals surface area contributed by atoms with Gasteiger partial charge in [-0.3, -0.25) is 0 Å². The largest absolute Gasteiger partial charge is 0.454 e. The molecule has 0 N–H and O–H groups in total. The van der Waals surface area contributed by atoms with Crippen molar-refractivity contribution in [3.8, 4) is 11.5 Å². The molecule has 0 spiro atoms. The maximum absolute atomic E-state index is 13.5. The van der Waals surface area contributed by atoms with Crippen LogP contribution in [0.4, 0.5) is 4.39 Å². The quantitative estimate of drug-likeness (QED) is 0.710. The lowest BCUT2D eigenvalue weighted by molar-refractivity contribution is 0.174. The smallest absolute Gasteiger partial charge is 0.231 e. The standard InChI is InChI=1S/C12H15FO2/c1-2-3-4-5-9-6-11-12(7-10(9)13)15-8-14-11/h6-7H,2-5,8H2,1H3. The fourth-order valence-electron chi connectivity index (χ4n) is 1.72. The monoisotopic (exact) mass is 210 g/mol. The number of rotatable bonds is 4. The molecule has 0 amide bonds. The van der Waals surface area contributed by atoms with E-state index < -0.39 is 0 Å². The van der Waals surface area contributed by atoms with E-state index in [1.54, 1.807) is 6.07 Å². The van der Waals surface area contributed by atoms with E-state index in [2.05, 4.69) is 6.92 Å². The number of aryl methyl sites for hydroxylation is 1. The van der Waals surface area contributed by atoms with Gasteiger partial charge in [-0.25, -0.2) is 4.39 Å².